The molecule has 0 fully saturated rings. The maximum absolute atomic E-state index is 5.94. The molecular formula is C16H9BrClN3S. The lowest BCUT2D eigenvalue weighted by molar-refractivity contribution is 0.956. The molecule has 0 amide bonds. The first-order chi connectivity index (χ1) is 10.7. The van der Waals surface area contributed by atoms with E-state index in [1.165, 1.54) is 0 Å². The van der Waals surface area contributed by atoms with Gasteiger partial charge in [0, 0.05) is 16.1 Å². The van der Waals surface area contributed by atoms with Crippen molar-refractivity contribution in [2.75, 3.05) is 0 Å². The summed E-state index contributed by atoms with van der Waals surface area (Å²) in [4.78, 5) is 5.54. The van der Waals surface area contributed by atoms with Crippen molar-refractivity contribution in [2.45, 2.75) is 0 Å². The molecule has 4 rings (SSSR count). The van der Waals surface area contributed by atoms with Crippen LogP contribution >= 0.6 is 38.9 Å². The normalized spacial score (nSPS) is 11.2. The predicted octanol–water partition coefficient (Wildman–Crippen LogP) is 5.54. The molecule has 2 aromatic heterocycles. The van der Waals surface area contributed by atoms with Gasteiger partial charge in [-0.3, -0.25) is 0 Å². The molecule has 0 spiro atoms. The topological polar surface area (TPSA) is 30.2 Å². The Labute approximate surface area is 144 Å². The van der Waals surface area contributed by atoms with Gasteiger partial charge in [0.05, 0.1) is 0 Å². The van der Waals surface area contributed by atoms with E-state index in [1.807, 2.05) is 59.1 Å². The van der Waals surface area contributed by atoms with Crippen LogP contribution in [0.1, 0.15) is 0 Å². The van der Waals surface area contributed by atoms with E-state index in [0.29, 0.717) is 5.02 Å². The van der Waals surface area contributed by atoms with Crippen LogP contribution in [0, 0.1) is 0 Å². The van der Waals surface area contributed by atoms with E-state index < -0.39 is 0 Å². The van der Waals surface area contributed by atoms with Crippen LogP contribution in [-0.2, 0) is 0 Å². The third-order valence-corrected chi connectivity index (χ3v) is 5.21. The molecule has 0 bridgehead atoms. The van der Waals surface area contributed by atoms with Crippen LogP contribution in [0.4, 0.5) is 0 Å². The van der Waals surface area contributed by atoms with E-state index in [4.69, 9.17) is 11.6 Å². The highest BCUT2D eigenvalue weighted by Crippen LogP contribution is 2.33. The lowest BCUT2D eigenvalue weighted by Gasteiger charge is -1.98. The minimum Gasteiger partial charge on any atom is -0.216 e. The van der Waals surface area contributed by atoms with E-state index in [0.717, 1.165) is 31.4 Å². The van der Waals surface area contributed by atoms with Crippen molar-refractivity contribution >= 4 is 43.8 Å². The minimum absolute atomic E-state index is 0.713. The van der Waals surface area contributed by atoms with Gasteiger partial charge in [0.25, 0.3) is 0 Å². The molecule has 2 aromatic carbocycles. The van der Waals surface area contributed by atoms with E-state index >= 15 is 0 Å². The fourth-order valence-corrected chi connectivity index (χ4v) is 3.93. The van der Waals surface area contributed by atoms with Crippen molar-refractivity contribution in [3.63, 3.8) is 0 Å². The molecule has 0 radical (unpaired) electrons. The Morgan fingerprint density at radius 3 is 2.36 bits per heavy atom. The molecule has 0 N–H and O–H groups in total. The number of benzene rings is 2. The zero-order valence-corrected chi connectivity index (χ0v) is 14.4. The van der Waals surface area contributed by atoms with E-state index in [1.54, 1.807) is 11.3 Å². The molecule has 6 heteroatoms. The first-order valence-electron chi connectivity index (χ1n) is 6.59. The van der Waals surface area contributed by atoms with Crippen LogP contribution in [-0.4, -0.2) is 14.6 Å². The smallest absolute Gasteiger partial charge is 0.214 e. The third-order valence-electron chi connectivity index (χ3n) is 3.29. The van der Waals surface area contributed by atoms with Gasteiger partial charge in [-0.2, -0.15) is 9.61 Å². The molecule has 108 valence electrons. The van der Waals surface area contributed by atoms with Crippen molar-refractivity contribution in [1.29, 1.82) is 0 Å². The van der Waals surface area contributed by atoms with Crippen molar-refractivity contribution in [3.05, 3.63) is 64.2 Å². The highest BCUT2D eigenvalue weighted by Gasteiger charge is 2.16. The number of imidazole rings is 1. The minimum atomic E-state index is 0.713. The Hall–Kier alpha value is -1.69. The first-order valence-corrected chi connectivity index (χ1v) is 8.57. The second kappa shape index (κ2) is 5.50. The first kappa shape index (κ1) is 13.9. The number of aromatic nitrogens is 3. The van der Waals surface area contributed by atoms with Gasteiger partial charge < -0.3 is 0 Å². The van der Waals surface area contributed by atoms with E-state index in [-0.39, 0.29) is 0 Å². The van der Waals surface area contributed by atoms with Gasteiger partial charge in [-0.15, -0.1) is 0 Å². The Morgan fingerprint density at radius 2 is 1.68 bits per heavy atom. The van der Waals surface area contributed by atoms with Crippen LogP contribution in [0.3, 0.4) is 0 Å². The number of fused-ring (bicyclic) bond motifs is 1. The Balaban J connectivity index is 1.82. The van der Waals surface area contributed by atoms with Crippen LogP contribution in [0.25, 0.3) is 26.8 Å². The molecule has 4 aromatic rings. The SMILES string of the molecule is Clc1ccc(-c2nc3sc(-c4ccccc4)nn3c2Br)cc1. The highest BCUT2D eigenvalue weighted by atomic mass is 79.9. The average Bonchev–Trinajstić information content (AvgIpc) is 3.09. The van der Waals surface area contributed by atoms with Gasteiger partial charge in [-0.1, -0.05) is 65.4 Å². The Bertz CT molecular complexity index is 945. The van der Waals surface area contributed by atoms with Crippen molar-refractivity contribution < 1.29 is 0 Å². The number of hydrogen-bond acceptors (Lipinski definition) is 3. The monoisotopic (exact) mass is 389 g/mol. The molecule has 2 heterocycles. The number of hydrogen-bond donors (Lipinski definition) is 0. The van der Waals surface area contributed by atoms with Crippen molar-refractivity contribution in [1.82, 2.24) is 14.6 Å². The Morgan fingerprint density at radius 1 is 0.955 bits per heavy atom. The standard InChI is InChI=1S/C16H9BrClN3S/c17-14-13(10-6-8-12(18)9-7-10)19-16-21(14)20-15(22-16)11-4-2-1-3-5-11/h1-9H. The number of rotatable bonds is 2. The summed E-state index contributed by atoms with van der Waals surface area (Å²) >= 11 is 11.1. The average molecular weight is 391 g/mol. The Kier molecular flexibility index (Phi) is 3.48. The largest absolute Gasteiger partial charge is 0.216 e. The molecule has 0 saturated heterocycles. The van der Waals surface area contributed by atoms with Crippen LogP contribution in [0.5, 0.6) is 0 Å². The van der Waals surface area contributed by atoms with Gasteiger partial charge >= 0.3 is 0 Å². The maximum Gasteiger partial charge on any atom is 0.214 e. The van der Waals surface area contributed by atoms with Gasteiger partial charge in [0.15, 0.2) is 0 Å². The molecule has 22 heavy (non-hydrogen) atoms. The van der Waals surface area contributed by atoms with Gasteiger partial charge in [0.2, 0.25) is 4.96 Å². The molecule has 0 unspecified atom stereocenters. The predicted molar refractivity (Wildman–Crippen MR) is 94.4 cm³/mol. The van der Waals surface area contributed by atoms with Crippen molar-refractivity contribution in [2.24, 2.45) is 0 Å². The number of halogens is 2. The summed E-state index contributed by atoms with van der Waals surface area (Å²) in [6.45, 7) is 0. The highest BCUT2D eigenvalue weighted by molar-refractivity contribution is 9.10. The molecule has 0 aliphatic rings. The number of nitrogens with zero attached hydrogens (tertiary/aromatic N) is 3. The van der Waals surface area contributed by atoms with Crippen LogP contribution in [0.15, 0.2) is 59.2 Å². The summed E-state index contributed by atoms with van der Waals surface area (Å²) in [5.74, 6) is 0. The second-order valence-corrected chi connectivity index (χ2v) is 6.87. The summed E-state index contributed by atoms with van der Waals surface area (Å²) in [7, 11) is 0. The zero-order chi connectivity index (χ0) is 15.1. The summed E-state index contributed by atoms with van der Waals surface area (Å²) in [6, 6.07) is 17.7. The maximum atomic E-state index is 5.94. The van der Waals surface area contributed by atoms with E-state index in [9.17, 15) is 0 Å². The quantitative estimate of drug-likeness (QED) is 0.450. The summed E-state index contributed by atoms with van der Waals surface area (Å²) in [5.41, 5.74) is 2.98. The summed E-state index contributed by atoms with van der Waals surface area (Å²) in [6.07, 6.45) is 0. The molecule has 3 nitrogen and oxygen atoms in total. The van der Waals surface area contributed by atoms with Gasteiger partial charge in [-0.05, 0) is 28.1 Å². The molecule has 0 aliphatic heterocycles. The second-order valence-electron chi connectivity index (χ2n) is 4.73. The van der Waals surface area contributed by atoms with Gasteiger partial charge in [-0.25, -0.2) is 4.98 Å². The fourth-order valence-electron chi connectivity index (χ4n) is 2.21. The molecule has 0 aliphatic carbocycles. The fraction of sp³-hybridized carbons (Fsp3) is 0. The van der Waals surface area contributed by atoms with Crippen molar-refractivity contribution in [3.8, 4) is 21.8 Å². The molecule has 0 atom stereocenters. The lowest BCUT2D eigenvalue weighted by Crippen LogP contribution is -1.86. The van der Waals surface area contributed by atoms with Crippen LogP contribution < -0.4 is 0 Å². The summed E-state index contributed by atoms with van der Waals surface area (Å²) < 4.78 is 2.68. The lowest BCUT2D eigenvalue weighted by atomic mass is 10.2. The zero-order valence-electron chi connectivity index (χ0n) is 11.2. The third kappa shape index (κ3) is 2.35. The molecular weight excluding hydrogens is 382 g/mol. The van der Waals surface area contributed by atoms with Crippen LogP contribution in [0.2, 0.25) is 5.02 Å². The summed E-state index contributed by atoms with van der Waals surface area (Å²) in [5, 5.41) is 6.31. The molecule has 0 saturated carbocycles. The van der Waals surface area contributed by atoms with Gasteiger partial charge in [0.1, 0.15) is 15.3 Å². The van der Waals surface area contributed by atoms with E-state index in [2.05, 4.69) is 26.0 Å².